The minimum atomic E-state index is -0.528. The van der Waals surface area contributed by atoms with Gasteiger partial charge in [0.05, 0.1) is 16.9 Å². The van der Waals surface area contributed by atoms with Gasteiger partial charge in [0, 0.05) is 19.3 Å². The number of piperidine rings is 1. The summed E-state index contributed by atoms with van der Waals surface area (Å²) in [7, 11) is 0. The second-order valence-corrected chi connectivity index (χ2v) is 5.23. The van der Waals surface area contributed by atoms with Gasteiger partial charge in [-0.2, -0.15) is 5.10 Å². The molecule has 1 aliphatic rings. The van der Waals surface area contributed by atoms with Gasteiger partial charge in [0.15, 0.2) is 0 Å². The highest BCUT2D eigenvalue weighted by molar-refractivity contribution is 5.63. The monoisotopic (exact) mass is 287 g/mol. The fourth-order valence-electron chi connectivity index (χ4n) is 2.63. The molecular formula is C14H17N5O2. The molecule has 0 saturated carbocycles. The molecule has 110 valence electrons. The van der Waals surface area contributed by atoms with Crippen molar-refractivity contribution in [2.45, 2.75) is 26.2 Å². The van der Waals surface area contributed by atoms with Crippen molar-refractivity contribution in [3.05, 3.63) is 38.8 Å². The Kier molecular flexibility index (Phi) is 3.55. The molecule has 0 bridgehead atoms. The Bertz CT molecular complexity index is 758. The van der Waals surface area contributed by atoms with Crippen molar-refractivity contribution >= 4 is 5.69 Å². The zero-order valence-corrected chi connectivity index (χ0v) is 11.8. The normalized spacial score (nSPS) is 15.2. The van der Waals surface area contributed by atoms with Crippen LogP contribution in [0.25, 0.3) is 11.3 Å². The largest absolute Gasteiger partial charge is 0.370 e. The second kappa shape index (κ2) is 5.51. The summed E-state index contributed by atoms with van der Waals surface area (Å²) < 4.78 is 0. The number of aromatic nitrogens is 4. The summed E-state index contributed by atoms with van der Waals surface area (Å²) in [5, 5.41) is 8.23. The molecule has 0 unspecified atom stereocenters. The van der Waals surface area contributed by atoms with Gasteiger partial charge in [-0.3, -0.25) is 9.78 Å². The second-order valence-electron chi connectivity index (χ2n) is 5.23. The number of rotatable bonds is 2. The molecular weight excluding hydrogens is 270 g/mol. The summed E-state index contributed by atoms with van der Waals surface area (Å²) in [5.74, 6) is 0. The van der Waals surface area contributed by atoms with Crippen molar-refractivity contribution in [2.24, 2.45) is 0 Å². The topological polar surface area (TPSA) is 94.7 Å². The Balaban J connectivity index is 2.04. The minimum Gasteiger partial charge on any atom is -0.370 e. The fourth-order valence-corrected chi connectivity index (χ4v) is 2.63. The zero-order valence-electron chi connectivity index (χ0n) is 11.8. The Labute approximate surface area is 121 Å². The van der Waals surface area contributed by atoms with Crippen molar-refractivity contribution in [3.8, 4) is 11.3 Å². The van der Waals surface area contributed by atoms with Gasteiger partial charge >= 0.3 is 5.69 Å². The quantitative estimate of drug-likeness (QED) is 0.852. The number of aryl methyl sites for hydroxylation is 1. The van der Waals surface area contributed by atoms with Crippen LogP contribution in [0.15, 0.2) is 21.9 Å². The summed E-state index contributed by atoms with van der Waals surface area (Å²) in [6.07, 6.45) is 4.95. The number of hydrogen-bond donors (Lipinski definition) is 2. The van der Waals surface area contributed by atoms with Crippen LogP contribution in [-0.2, 0) is 0 Å². The van der Waals surface area contributed by atoms with Crippen LogP contribution in [0.5, 0.6) is 0 Å². The highest BCUT2D eigenvalue weighted by Crippen LogP contribution is 2.25. The van der Waals surface area contributed by atoms with Crippen LogP contribution in [0.4, 0.5) is 5.69 Å². The van der Waals surface area contributed by atoms with Gasteiger partial charge in [-0.1, -0.05) is 0 Å². The summed E-state index contributed by atoms with van der Waals surface area (Å²) in [5.41, 5.74) is 1.66. The smallest absolute Gasteiger partial charge is 0.325 e. The molecule has 0 amide bonds. The molecule has 2 aromatic rings. The lowest BCUT2D eigenvalue weighted by Crippen LogP contribution is -2.30. The first-order valence-corrected chi connectivity index (χ1v) is 7.07. The molecule has 1 aliphatic heterocycles. The Hall–Kier alpha value is -2.44. The summed E-state index contributed by atoms with van der Waals surface area (Å²) in [6.45, 7) is 3.90. The van der Waals surface area contributed by atoms with Crippen molar-refractivity contribution in [2.75, 3.05) is 18.0 Å². The van der Waals surface area contributed by atoms with Crippen molar-refractivity contribution in [1.29, 1.82) is 0 Å². The Morgan fingerprint density at radius 1 is 1.14 bits per heavy atom. The van der Waals surface area contributed by atoms with Crippen LogP contribution >= 0.6 is 0 Å². The SMILES string of the molecule is Cc1nnc(-c2c[nH]c(=O)[nH]c2=O)cc1N1CCCCC1. The molecule has 0 atom stereocenters. The average Bonchev–Trinajstić information content (AvgIpc) is 2.49. The number of anilines is 1. The molecule has 0 radical (unpaired) electrons. The number of nitrogens with one attached hydrogen (secondary N) is 2. The fraction of sp³-hybridized carbons (Fsp3) is 0.429. The van der Waals surface area contributed by atoms with Gasteiger partial charge < -0.3 is 9.88 Å². The predicted octanol–water partition coefficient (Wildman–Crippen LogP) is 0.819. The maximum Gasteiger partial charge on any atom is 0.325 e. The van der Waals surface area contributed by atoms with E-state index in [2.05, 4.69) is 25.1 Å². The number of hydrogen-bond acceptors (Lipinski definition) is 5. The van der Waals surface area contributed by atoms with Crippen LogP contribution in [0.1, 0.15) is 25.0 Å². The molecule has 1 saturated heterocycles. The molecule has 2 N–H and O–H groups in total. The van der Waals surface area contributed by atoms with Crippen molar-refractivity contribution < 1.29 is 0 Å². The minimum absolute atomic E-state index is 0.320. The first-order valence-electron chi connectivity index (χ1n) is 7.07. The van der Waals surface area contributed by atoms with Gasteiger partial charge in [-0.25, -0.2) is 4.79 Å². The molecule has 2 aromatic heterocycles. The van der Waals surface area contributed by atoms with Gasteiger partial charge in [0.2, 0.25) is 0 Å². The predicted molar refractivity (Wildman–Crippen MR) is 79.5 cm³/mol. The summed E-state index contributed by atoms with van der Waals surface area (Å²) in [4.78, 5) is 29.9. The highest BCUT2D eigenvalue weighted by atomic mass is 16.2. The van der Waals surface area contributed by atoms with E-state index < -0.39 is 11.2 Å². The van der Waals surface area contributed by atoms with Crippen molar-refractivity contribution in [1.82, 2.24) is 20.2 Å². The molecule has 0 aliphatic carbocycles. The summed E-state index contributed by atoms with van der Waals surface area (Å²) >= 11 is 0. The van der Waals surface area contributed by atoms with E-state index in [4.69, 9.17) is 0 Å². The average molecular weight is 287 g/mol. The van der Waals surface area contributed by atoms with Crippen LogP contribution < -0.4 is 16.1 Å². The third kappa shape index (κ3) is 2.72. The highest BCUT2D eigenvalue weighted by Gasteiger charge is 2.16. The van der Waals surface area contributed by atoms with E-state index in [1.165, 1.54) is 12.6 Å². The van der Waals surface area contributed by atoms with Gasteiger partial charge in [0.25, 0.3) is 5.56 Å². The zero-order chi connectivity index (χ0) is 14.8. The standard InChI is InChI=1S/C14H17N5O2/c1-9-12(19-5-3-2-4-6-19)7-11(18-17-9)10-8-15-14(21)16-13(10)20/h7-8H,2-6H2,1H3,(H2,15,16,20,21). The lowest BCUT2D eigenvalue weighted by Gasteiger charge is -2.29. The molecule has 0 aromatic carbocycles. The van der Waals surface area contributed by atoms with Crippen LogP contribution in [0, 0.1) is 6.92 Å². The molecule has 7 heteroatoms. The van der Waals surface area contributed by atoms with Gasteiger partial charge in [-0.05, 0) is 32.3 Å². The van der Waals surface area contributed by atoms with E-state index in [-0.39, 0.29) is 0 Å². The number of nitrogens with zero attached hydrogens (tertiary/aromatic N) is 3. The van der Waals surface area contributed by atoms with Crippen molar-refractivity contribution in [3.63, 3.8) is 0 Å². The molecule has 21 heavy (non-hydrogen) atoms. The van der Waals surface area contributed by atoms with Crippen LogP contribution in [0.2, 0.25) is 0 Å². The van der Waals surface area contributed by atoms with Crippen LogP contribution in [0.3, 0.4) is 0 Å². The first kappa shape index (κ1) is 13.5. The van der Waals surface area contributed by atoms with Gasteiger partial charge in [0.1, 0.15) is 5.69 Å². The third-order valence-corrected chi connectivity index (χ3v) is 3.74. The van der Waals surface area contributed by atoms with E-state index in [1.54, 1.807) is 0 Å². The lowest BCUT2D eigenvalue weighted by atomic mass is 10.1. The van der Waals surface area contributed by atoms with Crippen LogP contribution in [-0.4, -0.2) is 33.3 Å². The molecule has 0 spiro atoms. The van der Waals surface area contributed by atoms with E-state index in [0.29, 0.717) is 11.3 Å². The first-order chi connectivity index (χ1) is 10.1. The van der Waals surface area contributed by atoms with E-state index in [9.17, 15) is 9.59 Å². The third-order valence-electron chi connectivity index (χ3n) is 3.74. The summed E-state index contributed by atoms with van der Waals surface area (Å²) in [6, 6.07) is 1.87. The Morgan fingerprint density at radius 2 is 1.90 bits per heavy atom. The maximum absolute atomic E-state index is 11.9. The molecule has 3 heterocycles. The number of H-pyrrole nitrogens is 2. The van der Waals surface area contributed by atoms with E-state index >= 15 is 0 Å². The Morgan fingerprint density at radius 3 is 2.62 bits per heavy atom. The van der Waals surface area contributed by atoms with E-state index in [0.717, 1.165) is 37.3 Å². The van der Waals surface area contributed by atoms with Gasteiger partial charge in [-0.15, -0.1) is 5.10 Å². The lowest BCUT2D eigenvalue weighted by molar-refractivity contribution is 0.575. The molecule has 3 rings (SSSR count). The maximum atomic E-state index is 11.9. The van der Waals surface area contributed by atoms with E-state index in [1.807, 2.05) is 13.0 Å². The molecule has 7 nitrogen and oxygen atoms in total. The number of aromatic amines is 2. The molecule has 1 fully saturated rings.